The van der Waals surface area contributed by atoms with E-state index < -0.39 is 5.54 Å². The summed E-state index contributed by atoms with van der Waals surface area (Å²) in [6.07, 6.45) is 2.70. The van der Waals surface area contributed by atoms with Crippen molar-refractivity contribution in [3.05, 3.63) is 29.0 Å². The van der Waals surface area contributed by atoms with Crippen molar-refractivity contribution >= 4 is 34.7 Å². The van der Waals surface area contributed by atoms with Gasteiger partial charge in [0, 0.05) is 6.20 Å². The highest BCUT2D eigenvalue weighted by atomic mass is 35.5. The number of carbonyl (C=O) groups excluding carboxylic acids is 1. The van der Waals surface area contributed by atoms with E-state index in [1.807, 2.05) is 13.8 Å². The Hall–Kier alpha value is -1.20. The van der Waals surface area contributed by atoms with E-state index in [-0.39, 0.29) is 10.9 Å². The number of halogens is 1. The summed E-state index contributed by atoms with van der Waals surface area (Å²) in [5.41, 5.74) is 5.35. The molecule has 0 aliphatic carbocycles. The summed E-state index contributed by atoms with van der Waals surface area (Å²) in [4.78, 5) is 16.3. The maximum absolute atomic E-state index is 12.1. The number of nitrogens with one attached hydrogen (secondary N) is 1. The van der Waals surface area contributed by atoms with Gasteiger partial charge in [-0.3, -0.25) is 4.79 Å². The minimum atomic E-state index is -0.659. The Morgan fingerprint density at radius 3 is 2.50 bits per heavy atom. The molecule has 0 aliphatic rings. The number of hydrogen-bond acceptors (Lipinski definition) is 3. The van der Waals surface area contributed by atoms with Crippen LogP contribution in [0.1, 0.15) is 37.2 Å². The second-order valence-electron chi connectivity index (χ2n) is 3.97. The van der Waals surface area contributed by atoms with Crippen LogP contribution < -0.4 is 11.1 Å². The van der Waals surface area contributed by atoms with Gasteiger partial charge in [0.15, 0.2) is 0 Å². The lowest BCUT2D eigenvalue weighted by atomic mass is 9.92. The zero-order valence-electron chi connectivity index (χ0n) is 10.4. The van der Waals surface area contributed by atoms with Gasteiger partial charge in [0.05, 0.1) is 15.6 Å². The number of amides is 1. The molecule has 98 valence electrons. The van der Waals surface area contributed by atoms with Gasteiger partial charge in [-0.15, -0.1) is 0 Å². The average molecular weight is 286 g/mol. The van der Waals surface area contributed by atoms with Crippen molar-refractivity contribution in [2.75, 3.05) is 0 Å². The van der Waals surface area contributed by atoms with E-state index >= 15 is 0 Å². The Kier molecular flexibility index (Phi) is 5.04. The lowest BCUT2D eigenvalue weighted by Gasteiger charge is -2.31. The molecule has 1 aromatic rings. The summed E-state index contributed by atoms with van der Waals surface area (Å²) in [6, 6.07) is 3.18. The molecular formula is C12H16ClN3OS. The van der Waals surface area contributed by atoms with Crippen molar-refractivity contribution in [3.8, 4) is 0 Å². The molecule has 0 radical (unpaired) electrons. The summed E-state index contributed by atoms with van der Waals surface area (Å²) in [7, 11) is 0. The van der Waals surface area contributed by atoms with E-state index in [4.69, 9.17) is 29.6 Å². The molecule has 0 fully saturated rings. The van der Waals surface area contributed by atoms with Gasteiger partial charge in [-0.2, -0.15) is 0 Å². The minimum Gasteiger partial charge on any atom is -0.391 e. The summed E-state index contributed by atoms with van der Waals surface area (Å²) >= 11 is 10.8. The van der Waals surface area contributed by atoms with E-state index in [1.165, 1.54) is 6.20 Å². The maximum atomic E-state index is 12.1. The number of carbonyl (C=O) groups is 1. The quantitative estimate of drug-likeness (QED) is 0.815. The van der Waals surface area contributed by atoms with Crippen LogP contribution in [0.5, 0.6) is 0 Å². The number of hydrogen-bond donors (Lipinski definition) is 2. The van der Waals surface area contributed by atoms with Gasteiger partial charge in [0.2, 0.25) is 0 Å². The van der Waals surface area contributed by atoms with E-state index in [2.05, 4.69) is 10.3 Å². The smallest absolute Gasteiger partial charge is 0.270 e. The third kappa shape index (κ3) is 3.17. The molecule has 0 aliphatic heterocycles. The van der Waals surface area contributed by atoms with E-state index in [9.17, 15) is 4.79 Å². The lowest BCUT2D eigenvalue weighted by molar-refractivity contribution is 0.0915. The lowest BCUT2D eigenvalue weighted by Crippen LogP contribution is -2.56. The molecule has 0 bridgehead atoms. The first-order valence-electron chi connectivity index (χ1n) is 5.69. The van der Waals surface area contributed by atoms with Crippen LogP contribution in [0.25, 0.3) is 0 Å². The molecule has 6 heteroatoms. The number of thiocarbonyl (C=S) groups is 1. The first-order valence-corrected chi connectivity index (χ1v) is 6.47. The Bertz CT molecular complexity index is 443. The standard InChI is InChI=1S/C12H16ClN3OS/c1-3-12(4-2,11(14)18)16-10(17)9-6-5-8(13)7-15-9/h5-7H,3-4H2,1-2H3,(H2,14,18)(H,16,17). The molecule has 1 rings (SSSR count). The van der Waals surface area contributed by atoms with Crippen LogP contribution in [0.3, 0.4) is 0 Å². The van der Waals surface area contributed by atoms with Crippen LogP contribution in [-0.4, -0.2) is 21.4 Å². The summed E-state index contributed by atoms with van der Waals surface area (Å²) in [5, 5.41) is 3.34. The fraction of sp³-hybridized carbons (Fsp3) is 0.417. The molecule has 18 heavy (non-hydrogen) atoms. The van der Waals surface area contributed by atoms with E-state index in [1.54, 1.807) is 12.1 Å². The number of rotatable bonds is 5. The largest absolute Gasteiger partial charge is 0.391 e. The Labute approximate surface area is 117 Å². The van der Waals surface area contributed by atoms with Crippen LogP contribution >= 0.6 is 23.8 Å². The zero-order chi connectivity index (χ0) is 13.8. The molecule has 0 saturated carbocycles. The molecule has 0 unspecified atom stereocenters. The summed E-state index contributed by atoms with van der Waals surface area (Å²) in [6.45, 7) is 3.86. The fourth-order valence-electron chi connectivity index (χ4n) is 1.63. The Balaban J connectivity index is 2.91. The molecule has 4 nitrogen and oxygen atoms in total. The molecule has 0 spiro atoms. The van der Waals surface area contributed by atoms with E-state index in [0.717, 1.165) is 0 Å². The normalized spacial score (nSPS) is 11.1. The minimum absolute atomic E-state index is 0.287. The van der Waals surface area contributed by atoms with Gasteiger partial charge in [-0.25, -0.2) is 4.98 Å². The Morgan fingerprint density at radius 2 is 2.11 bits per heavy atom. The first-order chi connectivity index (χ1) is 8.45. The highest BCUT2D eigenvalue weighted by molar-refractivity contribution is 7.80. The third-order valence-corrected chi connectivity index (χ3v) is 3.61. The Morgan fingerprint density at radius 1 is 1.50 bits per heavy atom. The van der Waals surface area contributed by atoms with Gasteiger partial charge in [0.1, 0.15) is 5.69 Å². The van der Waals surface area contributed by atoms with E-state index in [0.29, 0.717) is 23.6 Å². The highest BCUT2D eigenvalue weighted by Crippen LogP contribution is 2.16. The van der Waals surface area contributed by atoms with Crippen molar-refractivity contribution in [1.82, 2.24) is 10.3 Å². The van der Waals surface area contributed by atoms with Gasteiger partial charge >= 0.3 is 0 Å². The number of pyridine rings is 1. The second-order valence-corrected chi connectivity index (χ2v) is 4.85. The number of nitrogens with zero attached hydrogens (tertiary/aromatic N) is 1. The van der Waals surface area contributed by atoms with Crippen LogP contribution in [0.4, 0.5) is 0 Å². The average Bonchev–Trinajstić information content (AvgIpc) is 2.36. The van der Waals surface area contributed by atoms with Crippen LogP contribution in [-0.2, 0) is 0 Å². The van der Waals surface area contributed by atoms with Gasteiger partial charge in [-0.1, -0.05) is 37.7 Å². The number of aromatic nitrogens is 1. The second kappa shape index (κ2) is 6.11. The van der Waals surface area contributed by atoms with Crippen molar-refractivity contribution in [2.45, 2.75) is 32.2 Å². The maximum Gasteiger partial charge on any atom is 0.270 e. The van der Waals surface area contributed by atoms with Gasteiger partial charge < -0.3 is 11.1 Å². The SMILES string of the molecule is CCC(CC)(NC(=O)c1ccc(Cl)cn1)C(N)=S. The highest BCUT2D eigenvalue weighted by Gasteiger charge is 2.31. The summed E-state index contributed by atoms with van der Waals surface area (Å²) in [5.74, 6) is -0.303. The van der Waals surface area contributed by atoms with Crippen LogP contribution in [0.2, 0.25) is 5.02 Å². The molecule has 0 saturated heterocycles. The van der Waals surface area contributed by atoms with Crippen molar-refractivity contribution < 1.29 is 4.79 Å². The zero-order valence-corrected chi connectivity index (χ0v) is 11.9. The fourth-order valence-corrected chi connectivity index (χ4v) is 2.08. The van der Waals surface area contributed by atoms with Crippen molar-refractivity contribution in [1.29, 1.82) is 0 Å². The van der Waals surface area contributed by atoms with Crippen LogP contribution in [0.15, 0.2) is 18.3 Å². The van der Waals surface area contributed by atoms with Crippen molar-refractivity contribution in [2.24, 2.45) is 5.73 Å². The third-order valence-electron chi connectivity index (χ3n) is 2.99. The monoisotopic (exact) mass is 285 g/mol. The molecule has 1 aromatic heterocycles. The predicted octanol–water partition coefficient (Wildman–Crippen LogP) is 2.31. The summed E-state index contributed by atoms with van der Waals surface area (Å²) < 4.78 is 0. The van der Waals surface area contributed by atoms with Gasteiger partial charge in [-0.05, 0) is 25.0 Å². The molecule has 3 N–H and O–H groups in total. The van der Waals surface area contributed by atoms with Gasteiger partial charge in [0.25, 0.3) is 5.91 Å². The van der Waals surface area contributed by atoms with Crippen LogP contribution in [0, 0.1) is 0 Å². The molecule has 1 amide bonds. The number of nitrogens with two attached hydrogens (primary N) is 1. The predicted molar refractivity (Wildman–Crippen MR) is 76.8 cm³/mol. The van der Waals surface area contributed by atoms with Crippen molar-refractivity contribution in [3.63, 3.8) is 0 Å². The topological polar surface area (TPSA) is 68.0 Å². The molecule has 0 atom stereocenters. The molecule has 1 heterocycles. The molecule has 0 aromatic carbocycles. The first kappa shape index (κ1) is 14.9. The molecular weight excluding hydrogens is 270 g/mol.